The van der Waals surface area contributed by atoms with Gasteiger partial charge in [0.2, 0.25) is 0 Å². The summed E-state index contributed by atoms with van der Waals surface area (Å²) in [5, 5.41) is 0. The number of hydrogen-bond acceptors (Lipinski definition) is 3. The van der Waals surface area contributed by atoms with Crippen LogP contribution >= 0.6 is 19.1 Å². The summed E-state index contributed by atoms with van der Waals surface area (Å²) in [4.78, 5) is 0. The molecule has 0 aliphatic heterocycles. The molecule has 64 valence electrons. The number of hydrogen-bond donors (Lipinski definition) is 4. The van der Waals surface area contributed by atoms with Gasteiger partial charge in [0.1, 0.15) is 0 Å². The maximum atomic E-state index is 8.67. The molecule has 0 rings (SSSR count). The number of halogens is 2. The fraction of sp³-hybridized carbons (Fsp3) is 0. The number of nitrogens with two attached hydrogens (primary N) is 2. The first-order chi connectivity index (χ1) is 3.73. The van der Waals surface area contributed by atoms with Gasteiger partial charge in [-0.1, -0.05) is 0 Å². The topological polar surface area (TPSA) is 110 Å². The molecule has 6 N–H and O–H groups in total. The van der Waals surface area contributed by atoms with Gasteiger partial charge in [0.05, 0.1) is 0 Å². The van der Waals surface area contributed by atoms with Crippen molar-refractivity contribution < 1.29 is 27.3 Å². The predicted octanol–water partition coefficient (Wildman–Crippen LogP) is -0.124. The normalized spacial score (nSPS) is 12.3. The third-order valence-corrected chi connectivity index (χ3v) is 0. The van der Waals surface area contributed by atoms with E-state index >= 15 is 0 Å². The van der Waals surface area contributed by atoms with Crippen LogP contribution in [0, 0.1) is 0 Å². The summed E-state index contributed by atoms with van der Waals surface area (Å²) < 4.78 is 32.5. The Morgan fingerprint density at radius 1 is 1.33 bits per heavy atom. The molecular weight excluding hydrogens is 285 g/mol. The molecule has 0 amide bonds. The van der Waals surface area contributed by atoms with Crippen molar-refractivity contribution in [3.8, 4) is 0 Å². The molecule has 0 unspecified atom stereocenters. The summed E-state index contributed by atoms with van der Waals surface area (Å²) in [6, 6.07) is 0. The average Bonchev–Trinajstić information content (AvgIpc) is 1.19. The van der Waals surface area contributed by atoms with E-state index in [9.17, 15) is 0 Å². The molecule has 5 nitrogen and oxygen atoms in total. The zero-order valence-electron chi connectivity index (χ0n) is 3.94. The van der Waals surface area contributed by atoms with Crippen LogP contribution in [-0.2, 0) is 25.4 Å². The van der Waals surface area contributed by atoms with Crippen LogP contribution in [0.25, 0.3) is 0 Å². The second-order valence-electron chi connectivity index (χ2n) is 0.657. The first kappa shape index (κ1) is 12.9. The van der Waals surface area contributed by atoms with Crippen LogP contribution < -0.4 is 8.73 Å². The first-order valence-electron chi connectivity index (χ1n) is 1.14. The molecule has 0 aliphatic rings. The van der Waals surface area contributed by atoms with Gasteiger partial charge in [-0.3, -0.25) is 9.11 Å². The molecule has 9 heavy (non-hydrogen) atoms. The Kier molecular flexibility index (Phi) is 8.55. The van der Waals surface area contributed by atoms with Crippen molar-refractivity contribution in [1.82, 2.24) is 0 Å². The van der Waals surface area contributed by atoms with Gasteiger partial charge in [-0.15, -0.1) is 0 Å². The van der Waals surface area contributed by atoms with Crippen LogP contribution in [0.4, 0.5) is 0 Å². The molecule has 0 saturated heterocycles. The molecule has 0 aromatic rings. The molecule has 0 atom stereocenters. The van der Waals surface area contributed by atoms with E-state index in [1.807, 2.05) is 0 Å². The van der Waals surface area contributed by atoms with Crippen molar-refractivity contribution in [1.29, 1.82) is 0 Å². The van der Waals surface area contributed by atoms with Crippen LogP contribution in [0.2, 0.25) is 0 Å². The van der Waals surface area contributed by atoms with Gasteiger partial charge >= 0.3 is 41.8 Å². The van der Waals surface area contributed by atoms with E-state index in [1.54, 1.807) is 0 Å². The van der Waals surface area contributed by atoms with E-state index in [4.69, 9.17) is 41.1 Å². The molecular formula is H6Cl2N2O3PdS. The molecule has 0 spiro atoms. The molecule has 9 heteroatoms. The standard InChI is InChI=1S/2ClH.2H2N.H2O3S.Pd/c;;;;1-4(2)3;/h2*1H;2*1H2;(H2,1,2,3);/q;;2*-1;;+4/p-2. The molecule has 0 radical (unpaired) electrons. The minimum atomic E-state index is -2.76. The average molecular weight is 291 g/mol. The molecule has 0 saturated carbocycles. The SMILES string of the molecule is O=S(O)O.[NH2][Pd]([NH2])([Cl])[Cl]. The Labute approximate surface area is 66.4 Å². The summed E-state index contributed by atoms with van der Waals surface area (Å²) in [5.41, 5.74) is 0. The van der Waals surface area contributed by atoms with E-state index in [1.165, 1.54) is 0 Å². The second kappa shape index (κ2) is 5.98. The van der Waals surface area contributed by atoms with Crippen molar-refractivity contribution in [3.63, 3.8) is 0 Å². The van der Waals surface area contributed by atoms with Gasteiger partial charge in [-0.25, -0.2) is 0 Å². The summed E-state index contributed by atoms with van der Waals surface area (Å²) in [5.74, 6) is 0. The van der Waals surface area contributed by atoms with Crippen LogP contribution in [0.3, 0.4) is 0 Å². The van der Waals surface area contributed by atoms with Gasteiger partial charge in [0, 0.05) is 0 Å². The molecule has 0 fully saturated rings. The Bertz CT molecular complexity index is 82.3. The van der Waals surface area contributed by atoms with Crippen molar-refractivity contribution in [2.75, 3.05) is 0 Å². The quantitative estimate of drug-likeness (QED) is 0.367. The third-order valence-electron chi connectivity index (χ3n) is 0. The Balaban J connectivity index is 0. The van der Waals surface area contributed by atoms with E-state index in [0.29, 0.717) is 0 Å². The molecule has 0 heterocycles. The van der Waals surface area contributed by atoms with Gasteiger partial charge in [-0.2, -0.15) is 4.21 Å². The van der Waals surface area contributed by atoms with Crippen LogP contribution in [0.1, 0.15) is 0 Å². The number of rotatable bonds is 0. The first-order valence-corrected chi connectivity index (χ1v) is 8.00. The van der Waals surface area contributed by atoms with Gasteiger partial charge < -0.3 is 0 Å². The molecule has 0 aliphatic carbocycles. The maximum absolute atomic E-state index is 8.67. The van der Waals surface area contributed by atoms with Crippen molar-refractivity contribution in [2.45, 2.75) is 0 Å². The van der Waals surface area contributed by atoms with Crippen LogP contribution in [0.5, 0.6) is 0 Å². The van der Waals surface area contributed by atoms with Crippen molar-refractivity contribution >= 4 is 30.4 Å². The van der Waals surface area contributed by atoms with E-state index in [0.717, 1.165) is 0 Å². The fourth-order valence-corrected chi connectivity index (χ4v) is 0. The third kappa shape index (κ3) is 318. The minimum absolute atomic E-state index is 2.61. The summed E-state index contributed by atoms with van der Waals surface area (Å²) in [6.45, 7) is 0. The summed E-state index contributed by atoms with van der Waals surface area (Å²) in [6.07, 6.45) is 0. The Hall–Kier alpha value is 1.23. The molecule has 0 aromatic carbocycles. The van der Waals surface area contributed by atoms with E-state index in [2.05, 4.69) is 0 Å². The second-order valence-corrected chi connectivity index (χ2v) is 8.62. The van der Waals surface area contributed by atoms with Gasteiger partial charge in [-0.05, 0) is 0 Å². The molecule has 0 bridgehead atoms. The summed E-state index contributed by atoms with van der Waals surface area (Å²) >= 11 is -5.37. The predicted molar refractivity (Wildman–Crippen MR) is 33.5 cm³/mol. The van der Waals surface area contributed by atoms with Crippen LogP contribution in [0.15, 0.2) is 0 Å². The zero-order valence-corrected chi connectivity index (χ0v) is 7.82. The van der Waals surface area contributed by atoms with Crippen molar-refractivity contribution in [3.05, 3.63) is 0 Å². The Morgan fingerprint density at radius 3 is 1.33 bits per heavy atom. The van der Waals surface area contributed by atoms with E-state index < -0.39 is 25.4 Å². The van der Waals surface area contributed by atoms with Gasteiger partial charge in [0.15, 0.2) is 0 Å². The fourth-order valence-electron chi connectivity index (χ4n) is 0. The zero-order chi connectivity index (χ0) is 8.08. The van der Waals surface area contributed by atoms with Crippen molar-refractivity contribution in [2.24, 2.45) is 8.73 Å². The Morgan fingerprint density at radius 2 is 1.33 bits per heavy atom. The van der Waals surface area contributed by atoms with Gasteiger partial charge in [0.25, 0.3) is 11.4 Å². The summed E-state index contributed by atoms with van der Waals surface area (Å²) in [7, 11) is 10.0. The monoisotopic (exact) mass is 290 g/mol. The van der Waals surface area contributed by atoms with Crippen LogP contribution in [-0.4, -0.2) is 13.3 Å². The molecule has 0 aromatic heterocycles. The van der Waals surface area contributed by atoms with E-state index in [-0.39, 0.29) is 0 Å².